The van der Waals surface area contributed by atoms with E-state index in [1.54, 1.807) is 6.92 Å². The maximum atomic E-state index is 13.3. The molecular formula is C33H42N8O5. The zero-order valence-corrected chi connectivity index (χ0v) is 26.3. The molecule has 13 nitrogen and oxygen atoms in total. The summed E-state index contributed by atoms with van der Waals surface area (Å²) in [5.74, 6) is -0.845. The number of ether oxygens (including phenoxy) is 1. The number of fused-ring (bicyclic) bond motifs is 1. The van der Waals surface area contributed by atoms with Gasteiger partial charge < -0.3 is 36.2 Å². The first-order chi connectivity index (χ1) is 22.3. The van der Waals surface area contributed by atoms with Gasteiger partial charge in [-0.25, -0.2) is 15.0 Å². The van der Waals surface area contributed by atoms with Crippen molar-refractivity contribution in [3.8, 4) is 0 Å². The van der Waals surface area contributed by atoms with E-state index in [0.29, 0.717) is 43.4 Å². The molecule has 1 fully saturated rings. The first-order valence-electron chi connectivity index (χ1n) is 15.7. The van der Waals surface area contributed by atoms with Crippen molar-refractivity contribution in [3.05, 3.63) is 83.9 Å². The predicted molar refractivity (Wildman–Crippen MR) is 173 cm³/mol. The van der Waals surface area contributed by atoms with E-state index in [4.69, 9.17) is 4.74 Å². The second-order valence-corrected chi connectivity index (χ2v) is 11.5. The highest BCUT2D eigenvalue weighted by atomic mass is 16.6. The molecule has 0 saturated carbocycles. The molecule has 13 heteroatoms. The molecule has 3 heterocycles. The van der Waals surface area contributed by atoms with E-state index in [2.05, 4.69) is 74.3 Å². The minimum atomic E-state index is -1.48. The molecule has 4 aromatic rings. The van der Waals surface area contributed by atoms with Crippen LogP contribution in [0.15, 0.2) is 67.0 Å². The topological polar surface area (TPSA) is 176 Å². The highest BCUT2D eigenvalue weighted by Gasteiger charge is 2.47. The molecule has 0 unspecified atom stereocenters. The quantitative estimate of drug-likeness (QED) is 0.113. The van der Waals surface area contributed by atoms with E-state index in [1.807, 2.05) is 36.4 Å². The van der Waals surface area contributed by atoms with E-state index in [-0.39, 0.29) is 17.4 Å². The zero-order chi connectivity index (χ0) is 32.6. The van der Waals surface area contributed by atoms with Gasteiger partial charge in [0.15, 0.2) is 29.3 Å². The fourth-order valence-corrected chi connectivity index (χ4v) is 5.47. The molecule has 5 rings (SSSR count). The first-order valence-corrected chi connectivity index (χ1v) is 15.7. The summed E-state index contributed by atoms with van der Waals surface area (Å²) in [6.07, 6.45) is -3.30. The first kappa shape index (κ1) is 32.9. The lowest BCUT2D eigenvalue weighted by Crippen LogP contribution is -2.42. The zero-order valence-electron chi connectivity index (χ0n) is 26.3. The van der Waals surface area contributed by atoms with Gasteiger partial charge in [0.2, 0.25) is 5.82 Å². The normalized spacial score (nSPS) is 19.5. The number of rotatable bonds is 14. The molecule has 46 heavy (non-hydrogen) atoms. The number of aromatic nitrogens is 4. The monoisotopic (exact) mass is 630 g/mol. The second kappa shape index (κ2) is 15.2. The number of nitrogens with one attached hydrogen (secondary N) is 4. The van der Waals surface area contributed by atoms with Crippen molar-refractivity contribution in [1.82, 2.24) is 35.5 Å². The molecule has 2 aromatic heterocycles. The van der Waals surface area contributed by atoms with Crippen LogP contribution in [-0.2, 0) is 9.53 Å². The van der Waals surface area contributed by atoms with Crippen LogP contribution in [0, 0.1) is 0 Å². The minimum absolute atomic E-state index is 0.0480. The predicted octanol–water partition coefficient (Wildman–Crippen LogP) is 1.94. The molecule has 4 atom stereocenters. The van der Waals surface area contributed by atoms with Gasteiger partial charge in [0.1, 0.15) is 12.2 Å². The van der Waals surface area contributed by atoms with Gasteiger partial charge in [-0.3, -0.25) is 14.2 Å². The maximum Gasteiger partial charge on any atom is 0.289 e. The third-order valence-electron chi connectivity index (χ3n) is 7.82. The third kappa shape index (κ3) is 7.50. The Morgan fingerprint density at radius 1 is 0.935 bits per heavy atom. The molecule has 0 bridgehead atoms. The number of carbonyl (C=O) groups excluding carboxylic acids is 2. The molecule has 0 aliphatic carbocycles. The molecule has 1 aliphatic rings. The average molecular weight is 631 g/mol. The lowest BCUT2D eigenvalue weighted by atomic mass is 9.91. The summed E-state index contributed by atoms with van der Waals surface area (Å²) in [6.45, 7) is 7.77. The SMILES string of the molecule is CCNC(=O)[C@H]1O[C@@H](n2cnc3c(NCC(c4ccccc4)c4ccccc4)nc(C(=O)NCCCNC(C)C)nc32)[C@H](O)[C@@H]1O. The minimum Gasteiger partial charge on any atom is -0.387 e. The highest BCUT2D eigenvalue weighted by Crippen LogP contribution is 2.33. The second-order valence-electron chi connectivity index (χ2n) is 11.5. The Balaban J connectivity index is 1.47. The fourth-order valence-electron chi connectivity index (χ4n) is 5.47. The summed E-state index contributed by atoms with van der Waals surface area (Å²) >= 11 is 0. The number of benzene rings is 2. The maximum absolute atomic E-state index is 13.3. The van der Waals surface area contributed by atoms with Gasteiger partial charge in [-0.1, -0.05) is 74.5 Å². The van der Waals surface area contributed by atoms with Gasteiger partial charge in [-0.2, -0.15) is 0 Å². The van der Waals surface area contributed by atoms with Crippen LogP contribution in [0.1, 0.15) is 61.1 Å². The summed E-state index contributed by atoms with van der Waals surface area (Å²) in [5.41, 5.74) is 2.73. The molecule has 2 amide bonds. The van der Waals surface area contributed by atoms with E-state index < -0.39 is 36.4 Å². The molecule has 1 saturated heterocycles. The third-order valence-corrected chi connectivity index (χ3v) is 7.82. The Morgan fingerprint density at radius 2 is 1.61 bits per heavy atom. The van der Waals surface area contributed by atoms with Crippen LogP contribution in [0.4, 0.5) is 5.82 Å². The molecule has 0 radical (unpaired) electrons. The molecule has 6 N–H and O–H groups in total. The van der Waals surface area contributed by atoms with Crippen molar-refractivity contribution >= 4 is 28.8 Å². The number of aliphatic hydroxyl groups excluding tert-OH is 2. The number of nitrogens with zero attached hydrogens (tertiary/aromatic N) is 4. The Labute approximate surface area is 267 Å². The Kier molecular flexibility index (Phi) is 10.9. The number of anilines is 1. The number of hydrogen-bond donors (Lipinski definition) is 6. The van der Waals surface area contributed by atoms with Crippen LogP contribution >= 0.6 is 0 Å². The number of aliphatic hydroxyl groups is 2. The van der Waals surface area contributed by atoms with Crippen molar-refractivity contribution in [3.63, 3.8) is 0 Å². The standard InChI is InChI=1S/C33H42N8O5/c1-4-34-31(44)27-25(42)26(43)33(46-27)41-19-38-24-28(39-29(40-30(24)41)32(45)36-17-11-16-35-20(2)3)37-18-23(21-12-7-5-8-13-21)22-14-9-6-10-15-22/h5-10,12-15,19-20,23,25-27,33,35,42-43H,4,11,16-18H2,1-3H3,(H,34,44)(H,36,45)(H,37,39,40)/t25-,26+,27-,33+/m0/s1. The largest absolute Gasteiger partial charge is 0.387 e. The van der Waals surface area contributed by atoms with E-state index >= 15 is 0 Å². The number of hydrogen-bond acceptors (Lipinski definition) is 10. The van der Waals surface area contributed by atoms with Crippen LogP contribution in [-0.4, -0.2) is 92.1 Å². The Bertz CT molecular complexity index is 1560. The van der Waals surface area contributed by atoms with E-state index in [1.165, 1.54) is 10.9 Å². The van der Waals surface area contributed by atoms with Gasteiger partial charge in [0.05, 0.1) is 6.33 Å². The van der Waals surface area contributed by atoms with Crippen molar-refractivity contribution in [2.24, 2.45) is 0 Å². The number of imidazole rings is 1. The summed E-state index contributed by atoms with van der Waals surface area (Å²) < 4.78 is 7.26. The van der Waals surface area contributed by atoms with Crippen LogP contribution < -0.4 is 21.3 Å². The van der Waals surface area contributed by atoms with E-state index in [9.17, 15) is 19.8 Å². The van der Waals surface area contributed by atoms with Crippen molar-refractivity contribution in [2.75, 3.05) is 31.5 Å². The molecule has 2 aromatic carbocycles. The molecule has 244 valence electrons. The summed E-state index contributed by atoms with van der Waals surface area (Å²) in [6, 6.07) is 20.5. The summed E-state index contributed by atoms with van der Waals surface area (Å²) in [7, 11) is 0. The van der Waals surface area contributed by atoms with Gasteiger partial charge >= 0.3 is 0 Å². The number of amides is 2. The van der Waals surface area contributed by atoms with Crippen molar-refractivity contribution in [2.45, 2.75) is 63.7 Å². The summed E-state index contributed by atoms with van der Waals surface area (Å²) in [5, 5.41) is 33.8. The lowest BCUT2D eigenvalue weighted by molar-refractivity contribution is -0.137. The Hall–Kier alpha value is -4.43. The number of likely N-dealkylation sites (N-methyl/N-ethyl adjacent to an activating group) is 1. The van der Waals surface area contributed by atoms with Crippen LogP contribution in [0.25, 0.3) is 11.2 Å². The highest BCUT2D eigenvalue weighted by molar-refractivity contribution is 5.94. The van der Waals surface area contributed by atoms with Crippen LogP contribution in [0.2, 0.25) is 0 Å². The van der Waals surface area contributed by atoms with E-state index in [0.717, 1.165) is 17.7 Å². The summed E-state index contributed by atoms with van der Waals surface area (Å²) in [4.78, 5) is 39.5. The average Bonchev–Trinajstić information content (AvgIpc) is 3.62. The van der Waals surface area contributed by atoms with Crippen LogP contribution in [0.5, 0.6) is 0 Å². The van der Waals surface area contributed by atoms with Gasteiger partial charge in [0, 0.05) is 31.6 Å². The molecule has 1 aliphatic heterocycles. The molecule has 0 spiro atoms. The van der Waals surface area contributed by atoms with Gasteiger partial charge in [0.25, 0.3) is 11.8 Å². The van der Waals surface area contributed by atoms with Gasteiger partial charge in [-0.15, -0.1) is 0 Å². The molecular weight excluding hydrogens is 588 g/mol. The van der Waals surface area contributed by atoms with Gasteiger partial charge in [-0.05, 0) is 31.0 Å². The lowest BCUT2D eigenvalue weighted by Gasteiger charge is -2.20. The fraction of sp³-hybridized carbons (Fsp3) is 0.424. The Morgan fingerprint density at radius 3 is 2.24 bits per heavy atom. The smallest absolute Gasteiger partial charge is 0.289 e. The number of carbonyl (C=O) groups is 2. The van der Waals surface area contributed by atoms with Crippen molar-refractivity contribution < 1.29 is 24.5 Å². The van der Waals surface area contributed by atoms with Crippen molar-refractivity contribution in [1.29, 1.82) is 0 Å². The van der Waals surface area contributed by atoms with Crippen LogP contribution in [0.3, 0.4) is 0 Å².